The van der Waals surface area contributed by atoms with E-state index >= 15 is 0 Å². The van der Waals surface area contributed by atoms with Crippen molar-refractivity contribution in [3.8, 4) is 50.8 Å². The van der Waals surface area contributed by atoms with Crippen LogP contribution in [-0.2, 0) is 0 Å². The van der Waals surface area contributed by atoms with Gasteiger partial charge in [0.1, 0.15) is 4.83 Å². The molecule has 8 aromatic carbocycles. The molecule has 0 N–H and O–H groups in total. The van der Waals surface area contributed by atoms with E-state index in [0.717, 1.165) is 66.0 Å². The van der Waals surface area contributed by atoms with Crippen molar-refractivity contribution < 1.29 is 0 Å². The van der Waals surface area contributed by atoms with E-state index in [1.54, 1.807) is 11.3 Å². The number of hydrogen-bond acceptors (Lipinski definition) is 4. The Morgan fingerprint density at radius 1 is 0.379 bits per heavy atom. The molecule has 0 aliphatic heterocycles. The maximum atomic E-state index is 5.43. The van der Waals surface area contributed by atoms with E-state index in [0.29, 0.717) is 5.82 Å². The van der Waals surface area contributed by atoms with E-state index in [1.165, 1.54) is 42.7 Å². The molecule has 0 fully saturated rings. The summed E-state index contributed by atoms with van der Waals surface area (Å²) >= 11 is 1.76. The summed E-state index contributed by atoms with van der Waals surface area (Å²) in [5.41, 5.74) is 10.3. The first-order valence-corrected chi connectivity index (χ1v) is 20.3. The number of hydrogen-bond donors (Lipinski definition) is 0. The molecule has 0 aliphatic carbocycles. The normalized spacial score (nSPS) is 11.8. The van der Waals surface area contributed by atoms with Gasteiger partial charge in [-0.3, -0.25) is 0 Å². The molecule has 0 saturated heterocycles. The molecule has 0 unspecified atom stereocenters. The van der Waals surface area contributed by atoms with Gasteiger partial charge in [-0.2, -0.15) is 0 Å². The Kier molecular flexibility index (Phi) is 7.37. The van der Waals surface area contributed by atoms with Gasteiger partial charge < -0.3 is 4.57 Å². The van der Waals surface area contributed by atoms with E-state index in [2.05, 4.69) is 193 Å². The zero-order valence-electron chi connectivity index (χ0n) is 31.2. The Bertz CT molecular complexity index is 3530. The molecule has 0 radical (unpaired) electrons. The molecule has 4 heterocycles. The van der Waals surface area contributed by atoms with Crippen molar-refractivity contribution in [3.63, 3.8) is 0 Å². The van der Waals surface area contributed by atoms with Gasteiger partial charge in [0.2, 0.25) is 0 Å². The van der Waals surface area contributed by atoms with Crippen molar-refractivity contribution in [3.05, 3.63) is 194 Å². The molecule has 270 valence electrons. The SMILES string of the molecule is c1ccc(-c2cc(-c3ccc(-c4nc5sc6ccccc6c5c5ccccc45)c4ccccc34)nc(-c3cccc(-n4c5ccccc5c5ccccc54)c3)n2)cc1. The van der Waals surface area contributed by atoms with Crippen LogP contribution in [-0.4, -0.2) is 19.5 Å². The van der Waals surface area contributed by atoms with Crippen LogP contribution in [0.25, 0.3) is 115 Å². The second-order valence-corrected chi connectivity index (χ2v) is 15.8. The zero-order chi connectivity index (χ0) is 38.2. The van der Waals surface area contributed by atoms with Gasteiger partial charge >= 0.3 is 0 Å². The Morgan fingerprint density at radius 2 is 0.948 bits per heavy atom. The first kappa shape index (κ1) is 32.7. The lowest BCUT2D eigenvalue weighted by Gasteiger charge is -2.15. The van der Waals surface area contributed by atoms with Gasteiger partial charge in [-0.15, -0.1) is 11.3 Å². The number of aromatic nitrogens is 4. The van der Waals surface area contributed by atoms with Gasteiger partial charge in [-0.1, -0.05) is 158 Å². The third-order valence-corrected chi connectivity index (χ3v) is 12.5. The molecule has 4 nitrogen and oxygen atoms in total. The van der Waals surface area contributed by atoms with Crippen LogP contribution in [0.2, 0.25) is 0 Å². The number of benzene rings is 8. The fourth-order valence-electron chi connectivity index (χ4n) is 8.83. The van der Waals surface area contributed by atoms with Crippen LogP contribution in [0.1, 0.15) is 0 Å². The van der Waals surface area contributed by atoms with Crippen LogP contribution in [0, 0.1) is 0 Å². The fourth-order valence-corrected chi connectivity index (χ4v) is 9.92. The van der Waals surface area contributed by atoms with Crippen molar-refractivity contribution in [2.45, 2.75) is 0 Å². The Balaban J connectivity index is 1.06. The number of fused-ring (bicyclic) bond motifs is 9. The molecular formula is C53H32N4S. The zero-order valence-corrected chi connectivity index (χ0v) is 32.0. The standard InChI is InChI=1S/C53H32N4S/c1-2-15-33(16-3-1)45-32-46(55-52(54-45)34-17-14-18-35(31-34)57-47-26-11-8-21-39(47)40-22-9-12-27-48(40)57)38-29-30-43(37-20-5-4-19-36(37)38)51-42-24-7-6-23-41(42)50-44-25-10-13-28-49(44)58-53(50)56-51/h1-32H. The third kappa shape index (κ3) is 5.11. The Labute approximate surface area is 338 Å². The second-order valence-electron chi connectivity index (χ2n) is 14.7. The number of pyridine rings is 1. The molecule has 0 saturated carbocycles. The first-order valence-electron chi connectivity index (χ1n) is 19.5. The van der Waals surface area contributed by atoms with E-state index in [4.69, 9.17) is 15.0 Å². The minimum atomic E-state index is 0.676. The summed E-state index contributed by atoms with van der Waals surface area (Å²) in [6.45, 7) is 0. The average Bonchev–Trinajstić information content (AvgIpc) is 3.85. The van der Waals surface area contributed by atoms with Crippen LogP contribution < -0.4 is 0 Å². The summed E-state index contributed by atoms with van der Waals surface area (Å²) in [6, 6.07) is 68.8. The maximum Gasteiger partial charge on any atom is 0.160 e. The van der Waals surface area contributed by atoms with Crippen LogP contribution in [0.5, 0.6) is 0 Å². The predicted molar refractivity (Wildman–Crippen MR) is 244 cm³/mol. The lowest BCUT2D eigenvalue weighted by Crippen LogP contribution is -1.99. The molecule has 5 heteroatoms. The van der Waals surface area contributed by atoms with Crippen LogP contribution in [0.3, 0.4) is 0 Å². The number of thiophene rings is 1. The molecule has 0 aliphatic rings. The van der Waals surface area contributed by atoms with Crippen LogP contribution in [0.4, 0.5) is 0 Å². The second kappa shape index (κ2) is 13.1. The highest BCUT2D eigenvalue weighted by Crippen LogP contribution is 2.43. The number of para-hydroxylation sites is 2. The summed E-state index contributed by atoms with van der Waals surface area (Å²) in [6.07, 6.45) is 0. The van der Waals surface area contributed by atoms with Gasteiger partial charge in [0, 0.05) is 59.6 Å². The quantitative estimate of drug-likeness (QED) is 0.176. The third-order valence-electron chi connectivity index (χ3n) is 11.4. The summed E-state index contributed by atoms with van der Waals surface area (Å²) in [5, 5.41) is 9.57. The molecule has 58 heavy (non-hydrogen) atoms. The highest BCUT2D eigenvalue weighted by atomic mass is 32.1. The number of rotatable bonds is 5. The molecule has 0 amide bonds. The highest BCUT2D eigenvalue weighted by molar-refractivity contribution is 7.25. The maximum absolute atomic E-state index is 5.43. The van der Waals surface area contributed by atoms with E-state index in [9.17, 15) is 0 Å². The largest absolute Gasteiger partial charge is 0.309 e. The Morgan fingerprint density at radius 3 is 1.71 bits per heavy atom. The van der Waals surface area contributed by atoms with Crippen molar-refractivity contribution in [2.24, 2.45) is 0 Å². The molecule has 12 rings (SSSR count). The summed E-state index contributed by atoms with van der Waals surface area (Å²) in [7, 11) is 0. The summed E-state index contributed by atoms with van der Waals surface area (Å²) < 4.78 is 3.60. The molecule has 12 aromatic rings. The lowest BCUT2D eigenvalue weighted by molar-refractivity contribution is 1.16. The molecule has 0 atom stereocenters. The van der Waals surface area contributed by atoms with Gasteiger partial charge in [0.15, 0.2) is 5.82 Å². The minimum absolute atomic E-state index is 0.676. The van der Waals surface area contributed by atoms with Gasteiger partial charge in [-0.25, -0.2) is 15.0 Å². The molecule has 4 aromatic heterocycles. The first-order chi connectivity index (χ1) is 28.8. The summed E-state index contributed by atoms with van der Waals surface area (Å²) in [4.78, 5) is 17.1. The highest BCUT2D eigenvalue weighted by Gasteiger charge is 2.20. The van der Waals surface area contributed by atoms with Gasteiger partial charge in [0.25, 0.3) is 0 Å². The fraction of sp³-hybridized carbons (Fsp3) is 0. The van der Waals surface area contributed by atoms with E-state index in [-0.39, 0.29) is 0 Å². The van der Waals surface area contributed by atoms with E-state index in [1.807, 2.05) is 6.07 Å². The van der Waals surface area contributed by atoms with Crippen LogP contribution >= 0.6 is 11.3 Å². The number of nitrogens with zero attached hydrogens (tertiary/aromatic N) is 4. The van der Waals surface area contributed by atoms with Crippen molar-refractivity contribution in [1.29, 1.82) is 0 Å². The van der Waals surface area contributed by atoms with Crippen LogP contribution in [0.15, 0.2) is 194 Å². The van der Waals surface area contributed by atoms with Crippen molar-refractivity contribution in [1.82, 2.24) is 19.5 Å². The topological polar surface area (TPSA) is 43.6 Å². The van der Waals surface area contributed by atoms with E-state index < -0.39 is 0 Å². The predicted octanol–water partition coefficient (Wildman–Crippen LogP) is 14.3. The van der Waals surface area contributed by atoms with Gasteiger partial charge in [0.05, 0.1) is 28.1 Å². The Hall–Kier alpha value is -7.47. The smallest absolute Gasteiger partial charge is 0.160 e. The van der Waals surface area contributed by atoms with Gasteiger partial charge in [-0.05, 0) is 52.6 Å². The van der Waals surface area contributed by atoms with Crippen molar-refractivity contribution in [2.75, 3.05) is 0 Å². The average molecular weight is 757 g/mol. The minimum Gasteiger partial charge on any atom is -0.309 e. The summed E-state index contributed by atoms with van der Waals surface area (Å²) in [5.74, 6) is 0.676. The monoisotopic (exact) mass is 756 g/mol. The lowest BCUT2D eigenvalue weighted by atomic mass is 9.93. The van der Waals surface area contributed by atoms with Crippen molar-refractivity contribution >= 4 is 75.0 Å². The molecule has 0 bridgehead atoms. The molecular weight excluding hydrogens is 725 g/mol. The molecule has 0 spiro atoms.